The lowest BCUT2D eigenvalue weighted by Crippen LogP contribution is -2.28. The largest absolute Gasteiger partial charge is 0.354 e. The molecule has 0 spiro atoms. The molecule has 4 heteroatoms. The summed E-state index contributed by atoms with van der Waals surface area (Å²) < 4.78 is 0. The summed E-state index contributed by atoms with van der Waals surface area (Å²) in [5.74, 6) is 0. The van der Waals surface area contributed by atoms with Gasteiger partial charge in [-0.25, -0.2) is 0 Å². The number of hydrogen-bond acceptors (Lipinski definition) is 4. The van der Waals surface area contributed by atoms with E-state index in [2.05, 4.69) is 134 Å². The van der Waals surface area contributed by atoms with Crippen LogP contribution in [-0.2, 0) is 13.1 Å². The Bertz CT molecular complexity index is 1190. The highest BCUT2D eigenvalue weighted by molar-refractivity contribution is 5.63. The summed E-state index contributed by atoms with van der Waals surface area (Å²) in [6.45, 7) is 16.8. The lowest BCUT2D eigenvalue weighted by molar-refractivity contribution is 0.380. The second kappa shape index (κ2) is 9.77. The molecule has 2 aliphatic rings. The number of hydrogen-bond donors (Lipinski definition) is 0. The Hall–Kier alpha value is -3.66. The van der Waals surface area contributed by atoms with E-state index in [9.17, 15) is 0 Å². The van der Waals surface area contributed by atoms with Crippen molar-refractivity contribution in [1.82, 2.24) is 9.80 Å². The zero-order valence-electron chi connectivity index (χ0n) is 22.5. The summed E-state index contributed by atoms with van der Waals surface area (Å²) in [5, 5.41) is 0. The first-order valence-corrected chi connectivity index (χ1v) is 12.9. The van der Waals surface area contributed by atoms with Crippen LogP contribution in [0.5, 0.6) is 0 Å². The maximum atomic E-state index is 2.41. The second-order valence-corrected chi connectivity index (χ2v) is 10.6. The van der Waals surface area contributed by atoms with Crippen molar-refractivity contribution < 1.29 is 0 Å². The lowest BCUT2D eigenvalue weighted by atomic mass is 10.0. The smallest absolute Gasteiger partial charge is 0.0945 e. The monoisotopic (exact) mass is 478 g/mol. The Morgan fingerprint density at radius 3 is 1.25 bits per heavy atom. The van der Waals surface area contributed by atoms with E-state index in [0.717, 1.165) is 26.4 Å². The second-order valence-electron chi connectivity index (χ2n) is 10.6. The van der Waals surface area contributed by atoms with Gasteiger partial charge in [0.15, 0.2) is 0 Å². The van der Waals surface area contributed by atoms with Crippen LogP contribution in [0.2, 0.25) is 0 Å². The molecule has 3 aromatic carbocycles. The Labute approximate surface area is 216 Å². The van der Waals surface area contributed by atoms with Crippen LogP contribution in [0.3, 0.4) is 0 Å². The van der Waals surface area contributed by atoms with Crippen LogP contribution in [0.1, 0.15) is 44.5 Å². The van der Waals surface area contributed by atoms with Gasteiger partial charge in [0.25, 0.3) is 0 Å². The third-order valence-corrected chi connectivity index (χ3v) is 7.29. The minimum absolute atomic E-state index is 0.877. The molecular weight excluding hydrogens is 440 g/mol. The average Bonchev–Trinajstić information content (AvgIpc) is 3.44. The highest BCUT2D eigenvalue weighted by Gasteiger charge is 2.21. The molecule has 186 valence electrons. The van der Waals surface area contributed by atoms with Gasteiger partial charge in [-0.1, -0.05) is 59.7 Å². The zero-order chi connectivity index (χ0) is 25.4. The van der Waals surface area contributed by atoms with Gasteiger partial charge in [-0.3, -0.25) is 0 Å². The number of rotatable bonds is 6. The zero-order valence-corrected chi connectivity index (χ0v) is 22.5. The van der Waals surface area contributed by atoms with Gasteiger partial charge < -0.3 is 19.6 Å². The molecule has 0 N–H and O–H groups in total. The first-order valence-electron chi connectivity index (χ1n) is 12.9. The molecule has 2 aliphatic heterocycles. The van der Waals surface area contributed by atoms with Crippen LogP contribution in [0, 0.1) is 41.5 Å². The van der Waals surface area contributed by atoms with Crippen molar-refractivity contribution in [2.75, 3.05) is 23.1 Å². The van der Waals surface area contributed by atoms with E-state index in [0.29, 0.717) is 0 Å². The fraction of sp³-hybridized carbons (Fsp3) is 0.312. The highest BCUT2D eigenvalue weighted by atomic mass is 15.3. The van der Waals surface area contributed by atoms with Crippen LogP contribution in [0.25, 0.3) is 0 Å². The van der Waals surface area contributed by atoms with E-state index in [-0.39, 0.29) is 0 Å². The molecular formula is C32H38N4. The van der Waals surface area contributed by atoms with Gasteiger partial charge in [0.2, 0.25) is 0 Å². The van der Waals surface area contributed by atoms with Crippen LogP contribution in [-0.4, -0.2) is 23.1 Å². The number of anilines is 2. The fourth-order valence-corrected chi connectivity index (χ4v) is 5.98. The van der Waals surface area contributed by atoms with Gasteiger partial charge in [-0.05, 0) is 74.9 Å². The van der Waals surface area contributed by atoms with E-state index in [1.54, 1.807) is 0 Å². The van der Waals surface area contributed by atoms with Crippen LogP contribution >= 0.6 is 0 Å². The molecule has 0 fully saturated rings. The SMILES string of the molecule is Cc1cc(C)c(N2C=CN(Cc3ccccc3CN3C=CN(c4c(C)cc(C)cc4C)C3)C2)c(C)c1. The predicted octanol–water partition coefficient (Wildman–Crippen LogP) is 7.04. The number of aryl methyl sites for hydroxylation is 6. The minimum Gasteiger partial charge on any atom is -0.354 e. The Morgan fingerprint density at radius 2 is 0.889 bits per heavy atom. The summed E-state index contributed by atoms with van der Waals surface area (Å²) in [5.41, 5.74) is 13.4. The van der Waals surface area contributed by atoms with Crippen molar-refractivity contribution in [3.8, 4) is 0 Å². The van der Waals surface area contributed by atoms with Crippen molar-refractivity contribution in [2.45, 2.75) is 54.6 Å². The maximum Gasteiger partial charge on any atom is 0.0945 e. The molecule has 0 aromatic heterocycles. The summed E-state index contributed by atoms with van der Waals surface area (Å²) in [6, 6.07) is 18.0. The molecule has 5 rings (SSSR count). The summed E-state index contributed by atoms with van der Waals surface area (Å²) in [4.78, 5) is 9.56. The Morgan fingerprint density at radius 1 is 0.528 bits per heavy atom. The van der Waals surface area contributed by atoms with Gasteiger partial charge in [0.05, 0.1) is 13.3 Å². The molecule has 0 amide bonds. The van der Waals surface area contributed by atoms with Gasteiger partial charge in [0.1, 0.15) is 0 Å². The third-order valence-electron chi connectivity index (χ3n) is 7.29. The van der Waals surface area contributed by atoms with Crippen molar-refractivity contribution >= 4 is 11.4 Å². The highest BCUT2D eigenvalue weighted by Crippen LogP contribution is 2.31. The van der Waals surface area contributed by atoms with Crippen LogP contribution in [0.4, 0.5) is 11.4 Å². The van der Waals surface area contributed by atoms with E-state index in [4.69, 9.17) is 0 Å². The molecule has 36 heavy (non-hydrogen) atoms. The van der Waals surface area contributed by atoms with Gasteiger partial charge in [-0.2, -0.15) is 0 Å². The topological polar surface area (TPSA) is 13.0 Å². The van der Waals surface area contributed by atoms with Crippen molar-refractivity contribution in [3.63, 3.8) is 0 Å². The summed E-state index contributed by atoms with van der Waals surface area (Å²) in [7, 11) is 0. The molecule has 4 nitrogen and oxygen atoms in total. The van der Waals surface area contributed by atoms with Gasteiger partial charge >= 0.3 is 0 Å². The number of benzene rings is 3. The summed E-state index contributed by atoms with van der Waals surface area (Å²) >= 11 is 0. The van der Waals surface area contributed by atoms with E-state index >= 15 is 0 Å². The fourth-order valence-electron chi connectivity index (χ4n) is 5.98. The van der Waals surface area contributed by atoms with E-state index < -0.39 is 0 Å². The first kappa shape index (κ1) is 24.1. The molecule has 0 bridgehead atoms. The molecule has 3 aromatic rings. The third kappa shape index (κ3) is 4.86. The minimum atomic E-state index is 0.877. The molecule has 0 atom stereocenters. The van der Waals surface area contributed by atoms with Gasteiger partial charge in [0, 0.05) is 49.3 Å². The lowest BCUT2D eigenvalue weighted by Gasteiger charge is -2.27. The Kier molecular flexibility index (Phi) is 6.53. The van der Waals surface area contributed by atoms with Gasteiger partial charge in [-0.15, -0.1) is 0 Å². The van der Waals surface area contributed by atoms with Crippen LogP contribution in [0.15, 0.2) is 73.3 Å². The molecule has 0 saturated heterocycles. The number of nitrogens with zero attached hydrogens (tertiary/aromatic N) is 4. The van der Waals surface area contributed by atoms with Crippen molar-refractivity contribution in [3.05, 3.63) is 118 Å². The molecule has 0 radical (unpaired) electrons. The molecule has 2 heterocycles. The molecule has 0 unspecified atom stereocenters. The predicted molar refractivity (Wildman–Crippen MR) is 152 cm³/mol. The standard InChI is InChI=1S/C32H38N4/c1-23-15-25(3)31(26(4)16-23)35-13-11-33(21-35)19-29-9-7-8-10-30(29)20-34-12-14-36(22-34)32-27(5)17-24(2)18-28(32)6/h7-18H,19-22H2,1-6H3. The quantitative estimate of drug-likeness (QED) is 0.377. The molecule has 0 saturated carbocycles. The first-order chi connectivity index (χ1) is 17.3. The van der Waals surface area contributed by atoms with Crippen molar-refractivity contribution in [1.29, 1.82) is 0 Å². The normalized spacial score (nSPS) is 15.1. The van der Waals surface area contributed by atoms with E-state index in [1.807, 2.05) is 0 Å². The maximum absolute atomic E-state index is 2.41. The average molecular weight is 479 g/mol. The van der Waals surface area contributed by atoms with Crippen molar-refractivity contribution in [2.24, 2.45) is 0 Å². The summed E-state index contributed by atoms with van der Waals surface area (Å²) in [6.07, 6.45) is 8.91. The molecule has 0 aliphatic carbocycles. The van der Waals surface area contributed by atoms with E-state index in [1.165, 1.54) is 55.9 Å². The van der Waals surface area contributed by atoms with Crippen LogP contribution < -0.4 is 9.80 Å². The Balaban J connectivity index is 1.26.